The highest BCUT2D eigenvalue weighted by Crippen LogP contribution is 2.23. The van der Waals surface area contributed by atoms with Crippen LogP contribution in [-0.4, -0.2) is 31.3 Å². The Bertz CT molecular complexity index is 394. The number of nitrogens with zero attached hydrogens (tertiary/aromatic N) is 1. The van der Waals surface area contributed by atoms with Crippen molar-refractivity contribution < 1.29 is 5.11 Å². The van der Waals surface area contributed by atoms with E-state index in [1.807, 2.05) is 30.1 Å². The van der Waals surface area contributed by atoms with Gasteiger partial charge in [0.1, 0.15) is 0 Å². The summed E-state index contributed by atoms with van der Waals surface area (Å²) in [5.41, 5.74) is 2.13. The lowest BCUT2D eigenvalue weighted by molar-refractivity contribution is 0.201. The molecule has 1 aromatic carbocycles. The van der Waals surface area contributed by atoms with Crippen molar-refractivity contribution in [1.82, 2.24) is 5.32 Å². The van der Waals surface area contributed by atoms with E-state index in [1.54, 1.807) is 6.92 Å². The van der Waals surface area contributed by atoms with Crippen molar-refractivity contribution >= 4 is 17.3 Å². The van der Waals surface area contributed by atoms with Crippen LogP contribution < -0.4 is 10.2 Å². The number of halogens is 1. The summed E-state index contributed by atoms with van der Waals surface area (Å²) in [6, 6.07) is 6.04. The maximum atomic E-state index is 9.39. The molecule has 0 spiro atoms. The molecule has 1 atom stereocenters. The fraction of sp³-hybridized carbons (Fsp3) is 0.600. The van der Waals surface area contributed by atoms with Crippen LogP contribution in [0.4, 0.5) is 5.69 Å². The molecule has 0 saturated carbocycles. The zero-order valence-electron chi connectivity index (χ0n) is 12.3. The molecule has 0 fully saturated rings. The van der Waals surface area contributed by atoms with E-state index in [4.69, 9.17) is 11.6 Å². The van der Waals surface area contributed by atoms with Gasteiger partial charge in [0, 0.05) is 30.8 Å². The Morgan fingerprint density at radius 2 is 2.00 bits per heavy atom. The molecule has 19 heavy (non-hydrogen) atoms. The van der Waals surface area contributed by atoms with Crippen LogP contribution in [0, 0.1) is 5.92 Å². The fourth-order valence-corrected chi connectivity index (χ4v) is 2.16. The normalized spacial score (nSPS) is 12.8. The summed E-state index contributed by atoms with van der Waals surface area (Å²) < 4.78 is 0. The fourth-order valence-electron chi connectivity index (χ4n) is 1.91. The standard InChI is InChI=1S/C15H25ClN2O/c1-11(2)8-17-9-13-5-6-14(7-15(13)16)18(4)10-12(3)19/h5-7,11-12,17,19H,8-10H2,1-4H3. The minimum atomic E-state index is -0.351. The summed E-state index contributed by atoms with van der Waals surface area (Å²) in [6.45, 7) is 8.52. The third-order valence-electron chi connectivity index (χ3n) is 2.88. The van der Waals surface area contributed by atoms with Crippen molar-refractivity contribution in [3.05, 3.63) is 28.8 Å². The number of rotatable bonds is 7. The summed E-state index contributed by atoms with van der Waals surface area (Å²) in [5, 5.41) is 13.5. The van der Waals surface area contributed by atoms with Gasteiger partial charge in [0.05, 0.1) is 6.10 Å². The number of hydrogen-bond donors (Lipinski definition) is 2. The van der Waals surface area contributed by atoms with Crippen molar-refractivity contribution in [2.24, 2.45) is 5.92 Å². The van der Waals surface area contributed by atoms with Gasteiger partial charge in [-0.15, -0.1) is 0 Å². The average Bonchev–Trinajstić information content (AvgIpc) is 2.29. The highest BCUT2D eigenvalue weighted by Gasteiger charge is 2.07. The first kappa shape index (κ1) is 16.3. The second-order valence-corrected chi connectivity index (χ2v) is 5.94. The van der Waals surface area contributed by atoms with Crippen molar-refractivity contribution in [2.75, 3.05) is 25.0 Å². The van der Waals surface area contributed by atoms with E-state index in [9.17, 15) is 5.11 Å². The first-order valence-electron chi connectivity index (χ1n) is 6.78. The summed E-state index contributed by atoms with van der Waals surface area (Å²) in [5.74, 6) is 0.634. The molecule has 0 bridgehead atoms. The molecule has 0 aliphatic carbocycles. The average molecular weight is 285 g/mol. The first-order chi connectivity index (χ1) is 8.90. The second kappa shape index (κ2) is 7.73. The van der Waals surface area contributed by atoms with Crippen LogP contribution >= 0.6 is 11.6 Å². The summed E-state index contributed by atoms with van der Waals surface area (Å²) in [4.78, 5) is 2.00. The predicted molar refractivity (Wildman–Crippen MR) is 82.9 cm³/mol. The Morgan fingerprint density at radius 1 is 1.32 bits per heavy atom. The lowest BCUT2D eigenvalue weighted by Crippen LogP contribution is -2.26. The zero-order chi connectivity index (χ0) is 14.4. The Labute approximate surface area is 121 Å². The molecule has 0 amide bonds. The van der Waals surface area contributed by atoms with E-state index in [2.05, 4.69) is 19.2 Å². The molecule has 3 nitrogen and oxygen atoms in total. The maximum Gasteiger partial charge on any atom is 0.0686 e. The molecule has 2 N–H and O–H groups in total. The van der Waals surface area contributed by atoms with Crippen molar-refractivity contribution in [3.8, 4) is 0 Å². The van der Waals surface area contributed by atoms with E-state index in [0.29, 0.717) is 12.5 Å². The number of likely N-dealkylation sites (N-methyl/N-ethyl adjacent to an activating group) is 1. The predicted octanol–water partition coefficient (Wildman–Crippen LogP) is 2.90. The second-order valence-electron chi connectivity index (χ2n) is 5.53. The summed E-state index contributed by atoms with van der Waals surface area (Å²) in [6.07, 6.45) is -0.351. The highest BCUT2D eigenvalue weighted by molar-refractivity contribution is 6.31. The largest absolute Gasteiger partial charge is 0.392 e. The quantitative estimate of drug-likeness (QED) is 0.808. The number of anilines is 1. The SMILES string of the molecule is CC(C)CNCc1ccc(N(C)CC(C)O)cc1Cl. The van der Waals surface area contributed by atoms with E-state index >= 15 is 0 Å². The lowest BCUT2D eigenvalue weighted by atomic mass is 10.1. The third kappa shape index (κ3) is 5.81. The lowest BCUT2D eigenvalue weighted by Gasteiger charge is -2.21. The molecule has 1 rings (SSSR count). The Kier molecular flexibility index (Phi) is 6.63. The Hall–Kier alpha value is -0.770. The van der Waals surface area contributed by atoms with Gasteiger partial charge in [-0.05, 0) is 37.1 Å². The maximum absolute atomic E-state index is 9.39. The summed E-state index contributed by atoms with van der Waals surface area (Å²) >= 11 is 6.30. The van der Waals surface area contributed by atoms with Crippen LogP contribution in [-0.2, 0) is 6.54 Å². The molecule has 0 saturated heterocycles. The number of benzene rings is 1. The van der Waals surface area contributed by atoms with Crippen LogP contribution in [0.1, 0.15) is 26.3 Å². The highest BCUT2D eigenvalue weighted by atomic mass is 35.5. The number of aliphatic hydroxyl groups excluding tert-OH is 1. The number of hydrogen-bond acceptors (Lipinski definition) is 3. The van der Waals surface area contributed by atoms with Gasteiger partial charge in [-0.3, -0.25) is 0 Å². The molecule has 0 aromatic heterocycles. The molecule has 0 radical (unpaired) electrons. The number of nitrogens with one attached hydrogen (secondary N) is 1. The van der Waals surface area contributed by atoms with Crippen LogP contribution in [0.3, 0.4) is 0 Å². The molecular formula is C15H25ClN2O. The molecule has 0 aliphatic heterocycles. The van der Waals surface area contributed by atoms with Crippen LogP contribution in [0.15, 0.2) is 18.2 Å². The van der Waals surface area contributed by atoms with Gasteiger partial charge in [0.15, 0.2) is 0 Å². The molecule has 1 unspecified atom stereocenters. The third-order valence-corrected chi connectivity index (χ3v) is 3.24. The van der Waals surface area contributed by atoms with Gasteiger partial charge >= 0.3 is 0 Å². The van der Waals surface area contributed by atoms with Crippen LogP contribution in [0.25, 0.3) is 0 Å². The van der Waals surface area contributed by atoms with Crippen LogP contribution in [0.5, 0.6) is 0 Å². The van der Waals surface area contributed by atoms with Gasteiger partial charge < -0.3 is 15.3 Å². The monoisotopic (exact) mass is 284 g/mol. The topological polar surface area (TPSA) is 35.5 Å². The minimum absolute atomic E-state index is 0.351. The van der Waals surface area contributed by atoms with Gasteiger partial charge in [-0.25, -0.2) is 0 Å². The summed E-state index contributed by atoms with van der Waals surface area (Å²) in [7, 11) is 1.95. The van der Waals surface area contributed by atoms with E-state index in [1.165, 1.54) is 0 Å². The first-order valence-corrected chi connectivity index (χ1v) is 7.16. The minimum Gasteiger partial charge on any atom is -0.392 e. The molecule has 0 aliphatic rings. The van der Waals surface area contributed by atoms with Crippen molar-refractivity contribution in [1.29, 1.82) is 0 Å². The smallest absolute Gasteiger partial charge is 0.0686 e. The molecule has 0 heterocycles. The van der Waals surface area contributed by atoms with E-state index in [-0.39, 0.29) is 6.10 Å². The molecular weight excluding hydrogens is 260 g/mol. The molecule has 1 aromatic rings. The Balaban J connectivity index is 2.63. The molecule has 108 valence electrons. The van der Waals surface area contributed by atoms with Gasteiger partial charge in [0.2, 0.25) is 0 Å². The van der Waals surface area contributed by atoms with E-state index in [0.717, 1.165) is 29.4 Å². The van der Waals surface area contributed by atoms with Gasteiger partial charge in [0.25, 0.3) is 0 Å². The van der Waals surface area contributed by atoms with Gasteiger partial charge in [-0.2, -0.15) is 0 Å². The van der Waals surface area contributed by atoms with Crippen LogP contribution in [0.2, 0.25) is 5.02 Å². The Morgan fingerprint density at radius 3 is 2.53 bits per heavy atom. The number of aliphatic hydroxyl groups is 1. The zero-order valence-corrected chi connectivity index (χ0v) is 13.0. The van der Waals surface area contributed by atoms with Crippen molar-refractivity contribution in [3.63, 3.8) is 0 Å². The molecule has 4 heteroatoms. The van der Waals surface area contributed by atoms with Crippen molar-refractivity contribution in [2.45, 2.75) is 33.4 Å². The van der Waals surface area contributed by atoms with E-state index < -0.39 is 0 Å². The van der Waals surface area contributed by atoms with Gasteiger partial charge in [-0.1, -0.05) is 31.5 Å².